The predicted molar refractivity (Wildman–Crippen MR) is 140 cm³/mol. The molecule has 35 heavy (non-hydrogen) atoms. The fourth-order valence-corrected chi connectivity index (χ4v) is 4.16. The van der Waals surface area contributed by atoms with Crippen LogP contribution in [-0.4, -0.2) is 60.7 Å². The molecule has 1 fully saturated rings. The SMILES string of the molecule is CC(C)(C)OC(=O)NCC(=O)NC1CCN(C(=O)CCCOc2ccc(C(C)(C)C)cc2Br)CC1. The monoisotopic (exact) mass is 553 g/mol. The summed E-state index contributed by atoms with van der Waals surface area (Å²) in [6.45, 7) is 13.3. The number of nitrogens with zero attached hydrogens (tertiary/aromatic N) is 1. The van der Waals surface area contributed by atoms with Crippen LogP contribution in [0.15, 0.2) is 22.7 Å². The zero-order valence-corrected chi connectivity index (χ0v) is 23.4. The first-order chi connectivity index (χ1) is 16.2. The molecule has 2 N–H and O–H groups in total. The van der Waals surface area contributed by atoms with E-state index in [1.807, 2.05) is 11.0 Å². The number of nitrogens with one attached hydrogen (secondary N) is 2. The van der Waals surface area contributed by atoms with Gasteiger partial charge in [-0.15, -0.1) is 0 Å². The highest BCUT2D eigenvalue weighted by Crippen LogP contribution is 2.31. The average molecular weight is 555 g/mol. The highest BCUT2D eigenvalue weighted by atomic mass is 79.9. The van der Waals surface area contributed by atoms with E-state index in [1.165, 1.54) is 5.56 Å². The molecule has 1 aromatic carbocycles. The Morgan fingerprint density at radius 1 is 1.09 bits per heavy atom. The van der Waals surface area contributed by atoms with E-state index in [0.717, 1.165) is 10.2 Å². The number of alkyl carbamates (subject to hydrolysis) is 1. The number of ether oxygens (including phenoxy) is 2. The van der Waals surface area contributed by atoms with Gasteiger partial charge in [0.15, 0.2) is 0 Å². The van der Waals surface area contributed by atoms with Crippen LogP contribution in [0.3, 0.4) is 0 Å². The van der Waals surface area contributed by atoms with Crippen LogP contribution in [0.2, 0.25) is 0 Å². The van der Waals surface area contributed by atoms with Crippen molar-refractivity contribution in [1.29, 1.82) is 0 Å². The lowest BCUT2D eigenvalue weighted by molar-refractivity contribution is -0.132. The summed E-state index contributed by atoms with van der Waals surface area (Å²) in [6, 6.07) is 6.11. The first kappa shape index (κ1) is 28.9. The fourth-order valence-electron chi connectivity index (χ4n) is 3.67. The normalized spacial score (nSPS) is 14.9. The molecule has 1 aliphatic rings. The molecule has 196 valence electrons. The summed E-state index contributed by atoms with van der Waals surface area (Å²) in [5, 5.41) is 5.37. The molecule has 0 radical (unpaired) electrons. The Morgan fingerprint density at radius 3 is 2.31 bits per heavy atom. The maximum absolute atomic E-state index is 12.6. The van der Waals surface area contributed by atoms with E-state index in [1.54, 1.807) is 20.8 Å². The molecule has 9 heteroatoms. The third-order valence-electron chi connectivity index (χ3n) is 5.60. The van der Waals surface area contributed by atoms with E-state index in [4.69, 9.17) is 9.47 Å². The van der Waals surface area contributed by atoms with Gasteiger partial charge in [-0.2, -0.15) is 0 Å². The summed E-state index contributed by atoms with van der Waals surface area (Å²) in [5.41, 5.74) is 0.687. The predicted octanol–water partition coefficient (Wildman–Crippen LogP) is 4.54. The Labute approximate surface area is 217 Å². The van der Waals surface area contributed by atoms with Gasteiger partial charge in [-0.3, -0.25) is 9.59 Å². The third-order valence-corrected chi connectivity index (χ3v) is 6.22. The van der Waals surface area contributed by atoms with Crippen molar-refractivity contribution < 1.29 is 23.9 Å². The molecule has 0 spiro atoms. The van der Waals surface area contributed by atoms with Crippen molar-refractivity contribution in [2.45, 2.75) is 84.3 Å². The molecule has 1 heterocycles. The maximum atomic E-state index is 12.6. The van der Waals surface area contributed by atoms with Gasteiger partial charge in [-0.25, -0.2) is 4.79 Å². The lowest BCUT2D eigenvalue weighted by Gasteiger charge is -2.32. The second-order valence-electron chi connectivity index (χ2n) is 10.9. The van der Waals surface area contributed by atoms with Crippen molar-refractivity contribution in [2.75, 3.05) is 26.2 Å². The zero-order valence-electron chi connectivity index (χ0n) is 21.8. The van der Waals surface area contributed by atoms with Gasteiger partial charge >= 0.3 is 6.09 Å². The van der Waals surface area contributed by atoms with E-state index >= 15 is 0 Å². The van der Waals surface area contributed by atoms with Gasteiger partial charge in [0.05, 0.1) is 11.1 Å². The van der Waals surface area contributed by atoms with E-state index in [-0.39, 0.29) is 29.8 Å². The third kappa shape index (κ3) is 10.5. The van der Waals surface area contributed by atoms with E-state index in [9.17, 15) is 14.4 Å². The van der Waals surface area contributed by atoms with Crippen LogP contribution >= 0.6 is 15.9 Å². The first-order valence-electron chi connectivity index (χ1n) is 12.2. The van der Waals surface area contributed by atoms with Crippen LogP contribution in [0.1, 0.15) is 72.8 Å². The van der Waals surface area contributed by atoms with Crippen molar-refractivity contribution in [3.8, 4) is 5.75 Å². The van der Waals surface area contributed by atoms with Gasteiger partial charge in [0.1, 0.15) is 17.9 Å². The highest BCUT2D eigenvalue weighted by Gasteiger charge is 2.24. The second kappa shape index (κ2) is 12.6. The quantitative estimate of drug-likeness (QED) is 0.460. The smallest absolute Gasteiger partial charge is 0.408 e. The van der Waals surface area contributed by atoms with Crippen LogP contribution in [0, 0.1) is 0 Å². The first-order valence-corrected chi connectivity index (χ1v) is 13.0. The largest absolute Gasteiger partial charge is 0.492 e. The number of rotatable bonds is 8. The van der Waals surface area contributed by atoms with Crippen LogP contribution in [-0.2, 0) is 19.7 Å². The van der Waals surface area contributed by atoms with Crippen LogP contribution in [0.4, 0.5) is 4.79 Å². The molecular formula is C26H40BrN3O5. The molecule has 0 atom stereocenters. The highest BCUT2D eigenvalue weighted by molar-refractivity contribution is 9.10. The summed E-state index contributed by atoms with van der Waals surface area (Å²) >= 11 is 3.58. The molecule has 1 aliphatic heterocycles. The molecule has 2 rings (SSSR count). The van der Waals surface area contributed by atoms with Gasteiger partial charge < -0.3 is 25.0 Å². The van der Waals surface area contributed by atoms with Crippen molar-refractivity contribution in [3.05, 3.63) is 28.2 Å². The molecular weight excluding hydrogens is 514 g/mol. The zero-order chi connectivity index (χ0) is 26.2. The summed E-state index contributed by atoms with van der Waals surface area (Å²) in [5.74, 6) is 0.620. The van der Waals surface area contributed by atoms with Gasteiger partial charge in [-0.1, -0.05) is 26.8 Å². The lowest BCUT2D eigenvalue weighted by Crippen LogP contribution is -2.49. The molecule has 0 aromatic heterocycles. The number of carbonyl (C=O) groups is 3. The minimum atomic E-state index is -0.619. The van der Waals surface area contributed by atoms with E-state index in [2.05, 4.69) is 59.5 Å². The Hall–Kier alpha value is -2.29. The Bertz CT molecular complexity index is 884. The average Bonchev–Trinajstić information content (AvgIpc) is 2.74. The second-order valence-corrected chi connectivity index (χ2v) is 11.8. The van der Waals surface area contributed by atoms with Gasteiger partial charge in [-0.05, 0) is 79.1 Å². The van der Waals surface area contributed by atoms with Crippen molar-refractivity contribution in [1.82, 2.24) is 15.5 Å². The van der Waals surface area contributed by atoms with Gasteiger partial charge in [0.2, 0.25) is 11.8 Å². The molecule has 0 bridgehead atoms. The van der Waals surface area contributed by atoms with Crippen molar-refractivity contribution >= 4 is 33.8 Å². The van der Waals surface area contributed by atoms with Crippen LogP contribution < -0.4 is 15.4 Å². The summed E-state index contributed by atoms with van der Waals surface area (Å²) in [7, 11) is 0. The molecule has 1 aromatic rings. The van der Waals surface area contributed by atoms with E-state index < -0.39 is 11.7 Å². The van der Waals surface area contributed by atoms with Crippen molar-refractivity contribution in [2.24, 2.45) is 0 Å². The molecule has 1 saturated heterocycles. The number of likely N-dealkylation sites (tertiary alicyclic amines) is 1. The number of piperidine rings is 1. The molecule has 3 amide bonds. The lowest BCUT2D eigenvalue weighted by atomic mass is 9.87. The number of hydrogen-bond donors (Lipinski definition) is 2. The summed E-state index contributed by atoms with van der Waals surface area (Å²) in [4.78, 5) is 38.2. The molecule has 0 aliphatic carbocycles. The van der Waals surface area contributed by atoms with Crippen molar-refractivity contribution in [3.63, 3.8) is 0 Å². The van der Waals surface area contributed by atoms with Crippen LogP contribution in [0.25, 0.3) is 0 Å². The maximum Gasteiger partial charge on any atom is 0.408 e. The summed E-state index contributed by atoms with van der Waals surface area (Å²) < 4.78 is 11.9. The molecule has 0 saturated carbocycles. The Morgan fingerprint density at radius 2 is 1.74 bits per heavy atom. The van der Waals surface area contributed by atoms with Gasteiger partial charge in [0, 0.05) is 25.6 Å². The molecule has 8 nitrogen and oxygen atoms in total. The Balaban J connectivity index is 1.64. The van der Waals surface area contributed by atoms with Crippen LogP contribution in [0.5, 0.6) is 5.75 Å². The van der Waals surface area contributed by atoms with E-state index in [0.29, 0.717) is 45.4 Å². The number of amides is 3. The Kier molecular flexibility index (Phi) is 10.4. The fraction of sp³-hybridized carbons (Fsp3) is 0.654. The summed E-state index contributed by atoms with van der Waals surface area (Å²) in [6.07, 6.45) is 1.82. The number of hydrogen-bond acceptors (Lipinski definition) is 5. The number of halogens is 1. The van der Waals surface area contributed by atoms with Gasteiger partial charge in [0.25, 0.3) is 0 Å². The molecule has 0 unspecified atom stereocenters. The number of carbonyl (C=O) groups excluding carboxylic acids is 3. The minimum absolute atomic E-state index is 0.0104. The minimum Gasteiger partial charge on any atom is -0.492 e. The topological polar surface area (TPSA) is 97.0 Å². The number of benzene rings is 1. The standard InChI is InChI=1S/C26H40BrN3O5/c1-25(2,3)18-9-10-21(20(27)16-18)34-15-7-8-23(32)30-13-11-19(12-14-30)29-22(31)17-28-24(33)35-26(4,5)6/h9-10,16,19H,7-8,11-15,17H2,1-6H3,(H,28,33)(H,29,31).